The third-order valence-corrected chi connectivity index (χ3v) is 6.88. The SMILES string of the molecule is Nc1sc2c(c1C(=O)N[C@H]1CCS(=O)(=O)C1)CCCC2. The molecular weight excluding hydrogens is 296 g/mol. The molecule has 7 heteroatoms. The van der Waals surface area contributed by atoms with Gasteiger partial charge >= 0.3 is 0 Å². The Morgan fingerprint density at radius 2 is 2.05 bits per heavy atom. The molecule has 2 heterocycles. The summed E-state index contributed by atoms with van der Waals surface area (Å²) in [5, 5.41) is 3.40. The molecule has 1 aromatic rings. The molecule has 1 saturated heterocycles. The zero-order valence-corrected chi connectivity index (χ0v) is 12.8. The number of carbonyl (C=O) groups excluding carboxylic acids is 1. The van der Waals surface area contributed by atoms with Gasteiger partial charge in [0.2, 0.25) is 0 Å². The maximum absolute atomic E-state index is 12.4. The van der Waals surface area contributed by atoms with Gasteiger partial charge in [0.25, 0.3) is 5.91 Å². The molecule has 3 N–H and O–H groups in total. The summed E-state index contributed by atoms with van der Waals surface area (Å²) in [4.78, 5) is 13.6. The Balaban J connectivity index is 1.79. The van der Waals surface area contributed by atoms with Crippen molar-refractivity contribution >= 4 is 32.1 Å². The molecule has 0 radical (unpaired) electrons. The van der Waals surface area contributed by atoms with Gasteiger partial charge in [-0.15, -0.1) is 11.3 Å². The molecule has 0 saturated carbocycles. The number of rotatable bonds is 2. The van der Waals surface area contributed by atoms with Gasteiger partial charge in [-0.05, 0) is 37.7 Å². The highest BCUT2D eigenvalue weighted by atomic mass is 32.2. The van der Waals surface area contributed by atoms with Gasteiger partial charge in [0, 0.05) is 10.9 Å². The molecule has 1 aliphatic carbocycles. The number of hydrogen-bond donors (Lipinski definition) is 2. The van der Waals surface area contributed by atoms with E-state index in [1.807, 2.05) is 0 Å². The third-order valence-electron chi connectivity index (χ3n) is 3.99. The number of anilines is 1. The summed E-state index contributed by atoms with van der Waals surface area (Å²) in [6.45, 7) is 0. The van der Waals surface area contributed by atoms with E-state index in [-0.39, 0.29) is 23.5 Å². The van der Waals surface area contributed by atoms with E-state index in [9.17, 15) is 13.2 Å². The molecule has 1 atom stereocenters. The minimum atomic E-state index is -2.98. The van der Waals surface area contributed by atoms with Crippen LogP contribution in [0.3, 0.4) is 0 Å². The van der Waals surface area contributed by atoms with Crippen LogP contribution in [0.15, 0.2) is 0 Å². The highest BCUT2D eigenvalue weighted by Gasteiger charge is 2.31. The Bertz CT molecular complexity index is 649. The van der Waals surface area contributed by atoms with Crippen molar-refractivity contribution in [3.05, 3.63) is 16.0 Å². The number of fused-ring (bicyclic) bond motifs is 1. The average molecular weight is 314 g/mol. The largest absolute Gasteiger partial charge is 0.390 e. The number of nitrogen functional groups attached to an aromatic ring is 1. The molecule has 1 fully saturated rings. The lowest BCUT2D eigenvalue weighted by atomic mass is 9.95. The highest BCUT2D eigenvalue weighted by Crippen LogP contribution is 2.36. The number of thiophene rings is 1. The van der Waals surface area contributed by atoms with Gasteiger partial charge in [-0.2, -0.15) is 0 Å². The van der Waals surface area contributed by atoms with E-state index >= 15 is 0 Å². The smallest absolute Gasteiger partial charge is 0.254 e. The van der Waals surface area contributed by atoms with Gasteiger partial charge in [0.15, 0.2) is 9.84 Å². The summed E-state index contributed by atoms with van der Waals surface area (Å²) in [6, 6.07) is -0.272. The minimum absolute atomic E-state index is 0.0466. The first-order valence-corrected chi connectivity index (χ1v) is 9.51. The first kappa shape index (κ1) is 13.9. The van der Waals surface area contributed by atoms with E-state index in [1.165, 1.54) is 16.2 Å². The van der Waals surface area contributed by atoms with Crippen LogP contribution in [0.25, 0.3) is 0 Å². The standard InChI is InChI=1S/C13H18N2O3S2/c14-12-11(9-3-1-2-4-10(9)19-12)13(16)15-8-5-6-20(17,18)7-8/h8H,1-7,14H2,(H,15,16)/t8-/m0/s1. The Labute approximate surface area is 122 Å². The van der Waals surface area contributed by atoms with Crippen LogP contribution in [0.5, 0.6) is 0 Å². The Morgan fingerprint density at radius 3 is 2.75 bits per heavy atom. The van der Waals surface area contributed by atoms with Crippen molar-refractivity contribution in [1.29, 1.82) is 0 Å². The topological polar surface area (TPSA) is 89.3 Å². The molecule has 3 rings (SSSR count). The van der Waals surface area contributed by atoms with Crippen molar-refractivity contribution in [2.75, 3.05) is 17.2 Å². The summed E-state index contributed by atoms with van der Waals surface area (Å²) < 4.78 is 22.9. The second-order valence-electron chi connectivity index (χ2n) is 5.52. The summed E-state index contributed by atoms with van der Waals surface area (Å²) in [5.41, 5.74) is 7.66. The number of carbonyl (C=O) groups is 1. The number of nitrogens with two attached hydrogens (primary N) is 1. The lowest BCUT2D eigenvalue weighted by Gasteiger charge is -2.14. The average Bonchev–Trinajstić information content (AvgIpc) is 2.88. The molecule has 20 heavy (non-hydrogen) atoms. The molecule has 0 unspecified atom stereocenters. The van der Waals surface area contributed by atoms with Crippen LogP contribution in [0.2, 0.25) is 0 Å². The lowest BCUT2D eigenvalue weighted by molar-refractivity contribution is 0.0941. The van der Waals surface area contributed by atoms with Crippen LogP contribution in [0, 0.1) is 0 Å². The van der Waals surface area contributed by atoms with Crippen molar-refractivity contribution in [1.82, 2.24) is 5.32 Å². The van der Waals surface area contributed by atoms with Crippen LogP contribution in [0.4, 0.5) is 5.00 Å². The quantitative estimate of drug-likeness (QED) is 0.856. The number of hydrogen-bond acceptors (Lipinski definition) is 5. The number of aryl methyl sites for hydroxylation is 1. The van der Waals surface area contributed by atoms with Crippen molar-refractivity contribution in [2.24, 2.45) is 0 Å². The van der Waals surface area contributed by atoms with E-state index < -0.39 is 9.84 Å². The number of amides is 1. The molecule has 2 aliphatic rings. The fraction of sp³-hybridized carbons (Fsp3) is 0.615. The molecule has 0 bridgehead atoms. The maximum Gasteiger partial charge on any atom is 0.254 e. The zero-order valence-electron chi connectivity index (χ0n) is 11.1. The number of nitrogens with one attached hydrogen (secondary N) is 1. The van der Waals surface area contributed by atoms with Crippen molar-refractivity contribution in [3.63, 3.8) is 0 Å². The molecule has 1 amide bonds. The van der Waals surface area contributed by atoms with Crippen molar-refractivity contribution in [3.8, 4) is 0 Å². The molecule has 0 spiro atoms. The van der Waals surface area contributed by atoms with E-state index in [1.54, 1.807) is 0 Å². The van der Waals surface area contributed by atoms with E-state index in [4.69, 9.17) is 5.73 Å². The Kier molecular flexibility index (Phi) is 3.50. The van der Waals surface area contributed by atoms with Crippen LogP contribution in [-0.4, -0.2) is 31.9 Å². The molecule has 0 aromatic carbocycles. The van der Waals surface area contributed by atoms with Gasteiger partial charge in [0.1, 0.15) is 0 Å². The van der Waals surface area contributed by atoms with Crippen LogP contribution in [0.1, 0.15) is 40.1 Å². The first-order chi connectivity index (χ1) is 9.46. The van der Waals surface area contributed by atoms with Gasteiger partial charge in [0.05, 0.1) is 22.1 Å². The van der Waals surface area contributed by atoms with Gasteiger partial charge in [-0.1, -0.05) is 0 Å². The van der Waals surface area contributed by atoms with Gasteiger partial charge in [-0.3, -0.25) is 4.79 Å². The highest BCUT2D eigenvalue weighted by molar-refractivity contribution is 7.91. The predicted molar refractivity (Wildman–Crippen MR) is 79.9 cm³/mol. The maximum atomic E-state index is 12.4. The van der Waals surface area contributed by atoms with Crippen molar-refractivity contribution in [2.45, 2.75) is 38.1 Å². The van der Waals surface area contributed by atoms with Crippen LogP contribution >= 0.6 is 11.3 Å². The summed E-state index contributed by atoms with van der Waals surface area (Å²) in [5.74, 6) is 0.00385. The summed E-state index contributed by atoms with van der Waals surface area (Å²) in [6.07, 6.45) is 4.63. The van der Waals surface area contributed by atoms with Gasteiger partial charge < -0.3 is 11.1 Å². The lowest BCUT2D eigenvalue weighted by Crippen LogP contribution is -2.36. The second-order valence-corrected chi connectivity index (χ2v) is 8.89. The number of sulfone groups is 1. The van der Waals surface area contributed by atoms with E-state index in [0.29, 0.717) is 17.0 Å². The molecule has 5 nitrogen and oxygen atoms in total. The van der Waals surface area contributed by atoms with Crippen molar-refractivity contribution < 1.29 is 13.2 Å². The fourth-order valence-electron chi connectivity index (χ4n) is 3.00. The summed E-state index contributed by atoms with van der Waals surface area (Å²) >= 11 is 1.50. The predicted octanol–water partition coefficient (Wildman–Crippen LogP) is 1.13. The van der Waals surface area contributed by atoms with E-state index in [0.717, 1.165) is 31.2 Å². The van der Waals surface area contributed by atoms with E-state index in [2.05, 4.69) is 5.32 Å². The fourth-order valence-corrected chi connectivity index (χ4v) is 5.83. The minimum Gasteiger partial charge on any atom is -0.390 e. The molecule has 1 aliphatic heterocycles. The van der Waals surface area contributed by atoms with Crippen LogP contribution in [-0.2, 0) is 22.7 Å². The van der Waals surface area contributed by atoms with Gasteiger partial charge in [-0.25, -0.2) is 8.42 Å². The molecule has 110 valence electrons. The van der Waals surface area contributed by atoms with Crippen LogP contribution < -0.4 is 11.1 Å². The molecular formula is C13H18N2O3S2. The third kappa shape index (κ3) is 2.56. The normalized spacial score (nSPS) is 24.3. The monoisotopic (exact) mass is 314 g/mol. The summed E-state index contributed by atoms with van der Waals surface area (Å²) in [7, 11) is -2.98. The second kappa shape index (κ2) is 5.04. The zero-order chi connectivity index (χ0) is 14.3. The molecule has 1 aromatic heterocycles. The Morgan fingerprint density at radius 1 is 1.30 bits per heavy atom. The first-order valence-electron chi connectivity index (χ1n) is 6.87. The Hall–Kier alpha value is -1.08.